The lowest BCUT2D eigenvalue weighted by Gasteiger charge is -2.12. The van der Waals surface area contributed by atoms with E-state index in [2.05, 4.69) is 20.7 Å². The molecule has 2 aromatic rings. The maximum Gasteiger partial charge on any atom is 0.160 e. The summed E-state index contributed by atoms with van der Waals surface area (Å²) in [5, 5.41) is 3.10. The minimum absolute atomic E-state index is 0.465. The van der Waals surface area contributed by atoms with Crippen LogP contribution in [0.4, 0.5) is 17.3 Å². The van der Waals surface area contributed by atoms with Crippen molar-refractivity contribution >= 4 is 17.3 Å². The van der Waals surface area contributed by atoms with Crippen LogP contribution in [0.5, 0.6) is 11.5 Å². The van der Waals surface area contributed by atoms with Crippen LogP contribution in [0.15, 0.2) is 30.6 Å². The first-order chi connectivity index (χ1) is 9.26. The molecule has 0 aliphatic carbocycles. The highest BCUT2D eigenvalue weighted by atomic mass is 16.5. The predicted molar refractivity (Wildman–Crippen MR) is 72.7 cm³/mol. The number of rotatable bonds is 5. The molecule has 0 atom stereocenters. The van der Waals surface area contributed by atoms with Crippen molar-refractivity contribution in [1.29, 1.82) is 0 Å². The summed E-state index contributed by atoms with van der Waals surface area (Å²) < 4.78 is 10.4. The van der Waals surface area contributed by atoms with E-state index in [4.69, 9.17) is 15.3 Å². The maximum atomic E-state index is 5.29. The van der Waals surface area contributed by atoms with Gasteiger partial charge in [0, 0.05) is 6.07 Å². The van der Waals surface area contributed by atoms with Crippen molar-refractivity contribution in [2.75, 3.05) is 25.0 Å². The minimum Gasteiger partial charge on any atom is -0.497 e. The molecule has 0 aliphatic heterocycles. The van der Waals surface area contributed by atoms with Crippen molar-refractivity contribution in [3.63, 3.8) is 0 Å². The molecule has 7 heteroatoms. The summed E-state index contributed by atoms with van der Waals surface area (Å²) in [6.07, 6.45) is 3.10. The van der Waals surface area contributed by atoms with Crippen LogP contribution in [-0.2, 0) is 0 Å². The first-order valence-corrected chi connectivity index (χ1v) is 5.54. The number of methoxy groups -OCH3 is 2. The first kappa shape index (κ1) is 12.9. The van der Waals surface area contributed by atoms with Crippen LogP contribution in [0.25, 0.3) is 0 Å². The molecule has 0 saturated carbocycles. The maximum absolute atomic E-state index is 5.29. The summed E-state index contributed by atoms with van der Waals surface area (Å²) in [5.41, 5.74) is 3.16. The predicted octanol–water partition coefficient (Wildman–Crippen LogP) is 1.52. The molecule has 0 fully saturated rings. The van der Waals surface area contributed by atoms with Gasteiger partial charge in [-0.1, -0.05) is 0 Å². The van der Waals surface area contributed by atoms with Gasteiger partial charge in [0.1, 0.15) is 11.5 Å². The van der Waals surface area contributed by atoms with E-state index in [1.807, 2.05) is 12.1 Å². The highest BCUT2D eigenvalue weighted by Gasteiger charge is 2.06. The van der Waals surface area contributed by atoms with E-state index in [0.717, 1.165) is 5.69 Å². The summed E-state index contributed by atoms with van der Waals surface area (Å²) in [7, 11) is 3.20. The average Bonchev–Trinajstić information content (AvgIpc) is 2.47. The van der Waals surface area contributed by atoms with E-state index < -0.39 is 0 Å². The Morgan fingerprint density at radius 1 is 1.11 bits per heavy atom. The Morgan fingerprint density at radius 3 is 2.58 bits per heavy atom. The number of nitrogens with zero attached hydrogens (tertiary/aromatic N) is 2. The van der Waals surface area contributed by atoms with Crippen LogP contribution in [0.2, 0.25) is 0 Å². The number of aromatic nitrogens is 2. The van der Waals surface area contributed by atoms with E-state index in [1.54, 1.807) is 26.5 Å². The molecule has 0 bridgehead atoms. The third kappa shape index (κ3) is 3.02. The largest absolute Gasteiger partial charge is 0.497 e. The van der Waals surface area contributed by atoms with E-state index in [0.29, 0.717) is 23.1 Å². The van der Waals surface area contributed by atoms with E-state index in [9.17, 15) is 0 Å². The zero-order valence-corrected chi connectivity index (χ0v) is 10.7. The van der Waals surface area contributed by atoms with Gasteiger partial charge >= 0.3 is 0 Å². The van der Waals surface area contributed by atoms with Crippen LogP contribution in [0.1, 0.15) is 0 Å². The van der Waals surface area contributed by atoms with Gasteiger partial charge in [-0.2, -0.15) is 0 Å². The van der Waals surface area contributed by atoms with E-state index in [1.165, 1.54) is 6.20 Å². The molecule has 0 unspecified atom stereocenters. The lowest BCUT2D eigenvalue weighted by atomic mass is 10.2. The molecule has 0 spiro atoms. The number of nitrogen functional groups attached to an aromatic ring is 1. The normalized spacial score (nSPS) is 9.84. The number of ether oxygens (including phenoxy) is 2. The lowest BCUT2D eigenvalue weighted by molar-refractivity contribution is 0.405. The molecule has 2 rings (SSSR count). The van der Waals surface area contributed by atoms with Crippen molar-refractivity contribution < 1.29 is 9.47 Å². The second-order valence-corrected chi connectivity index (χ2v) is 3.63. The highest BCUT2D eigenvalue weighted by molar-refractivity contribution is 5.66. The third-order valence-corrected chi connectivity index (χ3v) is 2.45. The lowest BCUT2D eigenvalue weighted by Crippen LogP contribution is -2.09. The summed E-state index contributed by atoms with van der Waals surface area (Å²) in [5.74, 6) is 7.68. The fourth-order valence-electron chi connectivity index (χ4n) is 1.55. The minimum atomic E-state index is 0.465. The summed E-state index contributed by atoms with van der Waals surface area (Å²) >= 11 is 0. The molecule has 7 nitrogen and oxygen atoms in total. The number of hydrazine groups is 1. The van der Waals surface area contributed by atoms with E-state index in [-0.39, 0.29) is 0 Å². The number of hydrogen-bond acceptors (Lipinski definition) is 7. The van der Waals surface area contributed by atoms with Gasteiger partial charge in [-0.25, -0.2) is 10.8 Å². The zero-order chi connectivity index (χ0) is 13.7. The van der Waals surface area contributed by atoms with Crippen LogP contribution in [0, 0.1) is 0 Å². The summed E-state index contributed by atoms with van der Waals surface area (Å²) in [6.45, 7) is 0. The summed E-state index contributed by atoms with van der Waals surface area (Å²) in [4.78, 5) is 8.22. The molecular weight excluding hydrogens is 246 g/mol. The Morgan fingerprint density at radius 2 is 1.89 bits per heavy atom. The Balaban J connectivity index is 2.30. The molecule has 4 N–H and O–H groups in total. The van der Waals surface area contributed by atoms with Crippen molar-refractivity contribution in [3.8, 4) is 11.5 Å². The quantitative estimate of drug-likeness (QED) is 0.555. The Hall–Kier alpha value is -2.54. The topological polar surface area (TPSA) is 94.3 Å². The number of benzene rings is 1. The van der Waals surface area contributed by atoms with Gasteiger partial charge in [-0.3, -0.25) is 4.98 Å². The second-order valence-electron chi connectivity index (χ2n) is 3.63. The first-order valence-electron chi connectivity index (χ1n) is 5.54. The molecule has 100 valence electrons. The van der Waals surface area contributed by atoms with Gasteiger partial charge < -0.3 is 20.2 Å². The van der Waals surface area contributed by atoms with Gasteiger partial charge in [-0.05, 0) is 12.1 Å². The number of hydrogen-bond donors (Lipinski definition) is 3. The molecule has 1 aromatic carbocycles. The smallest absolute Gasteiger partial charge is 0.160 e. The van der Waals surface area contributed by atoms with Crippen LogP contribution >= 0.6 is 0 Å². The van der Waals surface area contributed by atoms with Gasteiger partial charge in [0.2, 0.25) is 0 Å². The fourth-order valence-corrected chi connectivity index (χ4v) is 1.55. The van der Waals surface area contributed by atoms with Crippen LogP contribution in [-0.4, -0.2) is 24.2 Å². The molecule has 1 aromatic heterocycles. The van der Waals surface area contributed by atoms with Gasteiger partial charge in [0.25, 0.3) is 0 Å². The van der Waals surface area contributed by atoms with Gasteiger partial charge in [0.15, 0.2) is 11.6 Å². The fraction of sp³-hybridized carbons (Fsp3) is 0.167. The van der Waals surface area contributed by atoms with E-state index >= 15 is 0 Å². The van der Waals surface area contributed by atoms with Crippen molar-refractivity contribution in [2.45, 2.75) is 0 Å². The molecule has 0 saturated heterocycles. The molecule has 19 heavy (non-hydrogen) atoms. The summed E-state index contributed by atoms with van der Waals surface area (Å²) in [6, 6.07) is 5.43. The second kappa shape index (κ2) is 5.87. The van der Waals surface area contributed by atoms with Crippen molar-refractivity contribution in [1.82, 2.24) is 9.97 Å². The van der Waals surface area contributed by atoms with Crippen molar-refractivity contribution in [2.24, 2.45) is 5.84 Å². The SMILES string of the molecule is COc1ccc(OC)c(Nc2cncc(NN)n2)c1. The standard InChI is InChI=1S/C12H15N5O2/c1-18-8-3-4-10(19-2)9(5-8)15-11-6-14-7-12(16-11)17-13/h3-7H,13H2,1-2H3,(H2,15,16,17). The molecule has 0 aliphatic rings. The third-order valence-electron chi connectivity index (χ3n) is 2.45. The Kier molecular flexibility index (Phi) is 3.99. The number of nitrogens with two attached hydrogens (primary N) is 1. The molecule has 1 heterocycles. The molecule has 0 radical (unpaired) electrons. The van der Waals surface area contributed by atoms with Crippen molar-refractivity contribution in [3.05, 3.63) is 30.6 Å². The van der Waals surface area contributed by atoms with Crippen LogP contribution in [0.3, 0.4) is 0 Å². The highest BCUT2D eigenvalue weighted by Crippen LogP contribution is 2.30. The van der Waals surface area contributed by atoms with Gasteiger partial charge in [0.05, 0.1) is 32.3 Å². The van der Waals surface area contributed by atoms with Crippen LogP contribution < -0.4 is 26.1 Å². The average molecular weight is 261 g/mol. The Labute approximate surface area is 110 Å². The van der Waals surface area contributed by atoms with Gasteiger partial charge in [-0.15, -0.1) is 0 Å². The number of anilines is 3. The Bertz CT molecular complexity index is 562. The monoisotopic (exact) mass is 261 g/mol. The number of nitrogens with one attached hydrogen (secondary N) is 2. The molecular formula is C12H15N5O2. The molecule has 0 amide bonds. The zero-order valence-electron chi connectivity index (χ0n) is 10.7.